The van der Waals surface area contributed by atoms with Crippen molar-refractivity contribution in [1.82, 2.24) is 0 Å². The topological polar surface area (TPSA) is 35.5 Å². The molecule has 0 radical (unpaired) electrons. The van der Waals surface area contributed by atoms with Crippen molar-refractivity contribution in [2.24, 2.45) is 5.92 Å². The van der Waals surface area contributed by atoms with Gasteiger partial charge in [0, 0.05) is 19.4 Å². The average Bonchev–Trinajstić information content (AvgIpc) is 2.19. The fraction of sp³-hybridized carbons (Fsp3) is 0.909. The summed E-state index contributed by atoms with van der Waals surface area (Å²) in [4.78, 5) is 11.5. The number of carbonyl (C=O) groups is 1. The molecular weight excluding hydrogens is 180 g/mol. The Morgan fingerprint density at radius 1 is 1.14 bits per heavy atom. The van der Waals surface area contributed by atoms with Gasteiger partial charge in [0.05, 0.1) is 19.8 Å². The SMILES string of the molecule is CCC(CC)C(=O)CCOCCOC. The van der Waals surface area contributed by atoms with Crippen LogP contribution >= 0.6 is 0 Å². The third-order valence-corrected chi connectivity index (χ3v) is 2.37. The Kier molecular flexibility index (Phi) is 8.89. The summed E-state index contributed by atoms with van der Waals surface area (Å²) in [6, 6.07) is 0. The van der Waals surface area contributed by atoms with Crippen molar-refractivity contribution < 1.29 is 14.3 Å². The van der Waals surface area contributed by atoms with Gasteiger partial charge in [0.2, 0.25) is 0 Å². The van der Waals surface area contributed by atoms with Crippen LogP contribution in [0.3, 0.4) is 0 Å². The number of Topliss-reactive ketones (excluding diaryl/α,β-unsaturated/α-hetero) is 1. The lowest BCUT2D eigenvalue weighted by molar-refractivity contribution is -0.124. The Morgan fingerprint density at radius 2 is 1.79 bits per heavy atom. The molecule has 0 heterocycles. The van der Waals surface area contributed by atoms with E-state index in [9.17, 15) is 4.79 Å². The Bertz CT molecular complexity index is 141. The second kappa shape index (κ2) is 9.16. The fourth-order valence-corrected chi connectivity index (χ4v) is 1.37. The van der Waals surface area contributed by atoms with Crippen LogP contribution in [0.15, 0.2) is 0 Å². The maximum atomic E-state index is 11.5. The molecule has 0 aromatic carbocycles. The summed E-state index contributed by atoms with van der Waals surface area (Å²) >= 11 is 0. The first kappa shape index (κ1) is 13.6. The summed E-state index contributed by atoms with van der Waals surface area (Å²) in [5.41, 5.74) is 0. The minimum atomic E-state index is 0.223. The van der Waals surface area contributed by atoms with Gasteiger partial charge in [-0.2, -0.15) is 0 Å². The largest absolute Gasteiger partial charge is 0.382 e. The van der Waals surface area contributed by atoms with Crippen molar-refractivity contribution in [2.45, 2.75) is 33.1 Å². The number of ether oxygens (including phenoxy) is 2. The molecule has 3 heteroatoms. The molecule has 0 aromatic rings. The van der Waals surface area contributed by atoms with Crippen LogP contribution in [0.1, 0.15) is 33.1 Å². The van der Waals surface area contributed by atoms with Gasteiger partial charge in [-0.3, -0.25) is 4.79 Å². The summed E-state index contributed by atoms with van der Waals surface area (Å²) in [5.74, 6) is 0.549. The highest BCUT2D eigenvalue weighted by atomic mass is 16.5. The van der Waals surface area contributed by atoms with Crippen LogP contribution in [0.5, 0.6) is 0 Å². The van der Waals surface area contributed by atoms with Gasteiger partial charge >= 0.3 is 0 Å². The average molecular weight is 202 g/mol. The standard InChI is InChI=1S/C11H22O3/c1-4-10(5-2)11(12)6-7-14-9-8-13-3/h10H,4-9H2,1-3H3. The first-order valence-electron chi connectivity index (χ1n) is 5.35. The summed E-state index contributed by atoms with van der Waals surface area (Å²) in [5, 5.41) is 0. The van der Waals surface area contributed by atoms with Crippen LogP contribution in [-0.2, 0) is 14.3 Å². The van der Waals surface area contributed by atoms with Crippen LogP contribution in [0, 0.1) is 5.92 Å². The number of rotatable bonds is 9. The molecule has 84 valence electrons. The van der Waals surface area contributed by atoms with Crippen LogP contribution in [0.4, 0.5) is 0 Å². The van der Waals surface area contributed by atoms with E-state index in [4.69, 9.17) is 9.47 Å². The van der Waals surface area contributed by atoms with Gasteiger partial charge in [-0.15, -0.1) is 0 Å². The molecule has 0 saturated heterocycles. The van der Waals surface area contributed by atoms with E-state index in [1.807, 2.05) is 0 Å². The minimum Gasteiger partial charge on any atom is -0.382 e. The molecule has 0 saturated carbocycles. The van der Waals surface area contributed by atoms with Gasteiger partial charge < -0.3 is 9.47 Å². The highest BCUT2D eigenvalue weighted by Crippen LogP contribution is 2.10. The zero-order valence-electron chi connectivity index (χ0n) is 9.54. The molecule has 0 aliphatic heterocycles. The van der Waals surface area contributed by atoms with E-state index in [2.05, 4.69) is 13.8 Å². The van der Waals surface area contributed by atoms with E-state index in [0.29, 0.717) is 32.0 Å². The first-order chi connectivity index (χ1) is 6.76. The molecule has 0 aliphatic rings. The van der Waals surface area contributed by atoms with Crippen LogP contribution in [0.25, 0.3) is 0 Å². The molecule has 0 amide bonds. The number of methoxy groups -OCH3 is 1. The van der Waals surface area contributed by atoms with Gasteiger partial charge in [0.1, 0.15) is 5.78 Å². The number of hydrogen-bond acceptors (Lipinski definition) is 3. The van der Waals surface area contributed by atoms with E-state index in [1.54, 1.807) is 7.11 Å². The molecule has 0 unspecified atom stereocenters. The minimum absolute atomic E-state index is 0.223. The lowest BCUT2D eigenvalue weighted by Crippen LogP contribution is -2.15. The smallest absolute Gasteiger partial charge is 0.138 e. The molecule has 3 nitrogen and oxygen atoms in total. The van der Waals surface area contributed by atoms with Gasteiger partial charge in [-0.05, 0) is 12.8 Å². The predicted molar refractivity (Wildman–Crippen MR) is 56.4 cm³/mol. The maximum Gasteiger partial charge on any atom is 0.138 e. The Balaban J connectivity index is 3.43. The van der Waals surface area contributed by atoms with Crippen molar-refractivity contribution in [3.8, 4) is 0 Å². The molecule has 0 spiro atoms. The number of carbonyl (C=O) groups excluding carboxylic acids is 1. The molecule has 0 aromatic heterocycles. The molecule has 0 bridgehead atoms. The normalized spacial score (nSPS) is 10.9. The Morgan fingerprint density at radius 3 is 2.29 bits per heavy atom. The third-order valence-electron chi connectivity index (χ3n) is 2.37. The predicted octanol–water partition coefficient (Wildman–Crippen LogP) is 2.04. The molecule has 0 atom stereocenters. The van der Waals surface area contributed by atoms with Crippen molar-refractivity contribution >= 4 is 5.78 Å². The zero-order chi connectivity index (χ0) is 10.8. The Hall–Kier alpha value is -0.410. The molecule has 14 heavy (non-hydrogen) atoms. The summed E-state index contributed by atoms with van der Waals surface area (Å²) in [6.45, 7) is 5.81. The number of ketones is 1. The summed E-state index contributed by atoms with van der Waals surface area (Å²) in [7, 11) is 1.64. The van der Waals surface area contributed by atoms with Gasteiger partial charge in [0.25, 0.3) is 0 Å². The highest BCUT2D eigenvalue weighted by Gasteiger charge is 2.13. The lowest BCUT2D eigenvalue weighted by atomic mass is 9.96. The highest BCUT2D eigenvalue weighted by molar-refractivity contribution is 5.80. The van der Waals surface area contributed by atoms with Crippen LogP contribution in [0.2, 0.25) is 0 Å². The van der Waals surface area contributed by atoms with E-state index in [1.165, 1.54) is 0 Å². The van der Waals surface area contributed by atoms with E-state index < -0.39 is 0 Å². The second-order valence-electron chi connectivity index (χ2n) is 3.33. The van der Waals surface area contributed by atoms with Gasteiger partial charge in [-0.25, -0.2) is 0 Å². The first-order valence-corrected chi connectivity index (χ1v) is 5.35. The number of hydrogen-bond donors (Lipinski definition) is 0. The quantitative estimate of drug-likeness (QED) is 0.537. The van der Waals surface area contributed by atoms with Crippen molar-refractivity contribution in [3.63, 3.8) is 0 Å². The van der Waals surface area contributed by atoms with Gasteiger partial charge in [0.15, 0.2) is 0 Å². The zero-order valence-corrected chi connectivity index (χ0v) is 9.54. The maximum absolute atomic E-state index is 11.5. The molecule has 0 N–H and O–H groups in total. The van der Waals surface area contributed by atoms with E-state index >= 15 is 0 Å². The molecule has 0 fully saturated rings. The summed E-state index contributed by atoms with van der Waals surface area (Å²) < 4.78 is 10.1. The monoisotopic (exact) mass is 202 g/mol. The van der Waals surface area contributed by atoms with Crippen LogP contribution in [-0.4, -0.2) is 32.7 Å². The van der Waals surface area contributed by atoms with Crippen molar-refractivity contribution in [2.75, 3.05) is 26.9 Å². The van der Waals surface area contributed by atoms with Gasteiger partial charge in [-0.1, -0.05) is 13.8 Å². The summed E-state index contributed by atoms with van der Waals surface area (Å²) in [6.07, 6.45) is 2.41. The van der Waals surface area contributed by atoms with E-state index in [-0.39, 0.29) is 5.92 Å². The van der Waals surface area contributed by atoms with E-state index in [0.717, 1.165) is 12.8 Å². The Labute approximate surface area is 86.8 Å². The van der Waals surface area contributed by atoms with Crippen LogP contribution < -0.4 is 0 Å². The van der Waals surface area contributed by atoms with Crippen molar-refractivity contribution in [3.05, 3.63) is 0 Å². The lowest BCUT2D eigenvalue weighted by Gasteiger charge is -2.10. The molecular formula is C11H22O3. The third kappa shape index (κ3) is 6.11. The molecule has 0 rings (SSSR count). The van der Waals surface area contributed by atoms with Crippen molar-refractivity contribution in [1.29, 1.82) is 0 Å². The molecule has 0 aliphatic carbocycles. The second-order valence-corrected chi connectivity index (χ2v) is 3.33. The fourth-order valence-electron chi connectivity index (χ4n) is 1.37.